The average Bonchev–Trinajstić information content (AvgIpc) is 2.83. The maximum Gasteiger partial charge on any atom is 0.325 e. The minimum absolute atomic E-state index is 0.0761. The molecule has 0 spiro atoms. The molecule has 0 atom stereocenters. The number of rotatable bonds is 3. The van der Waals surface area contributed by atoms with Crippen LogP contribution < -0.4 is 5.32 Å². The molecule has 1 N–H and O–H groups in total. The van der Waals surface area contributed by atoms with Crippen molar-refractivity contribution < 1.29 is 23.9 Å². The number of amides is 5. The number of carbonyl (C=O) groups is 4. The first kappa shape index (κ1) is 18.6. The number of urea groups is 1. The molecule has 0 radical (unpaired) electrons. The number of ether oxygens (including phenoxy) is 1. The molecule has 0 aliphatic carbocycles. The standard InChI is InChI=1S/C17H26N4O5/c1-17(2)15(24)21(16(25)18-17)11-13(22)19-5-3-12(4-6-19)14(23)20-7-9-26-10-8-20/h12H,3-11H2,1-2H3,(H,18,25). The fourth-order valence-corrected chi connectivity index (χ4v) is 3.61. The zero-order chi connectivity index (χ0) is 18.9. The maximum absolute atomic E-state index is 12.5. The van der Waals surface area contributed by atoms with Crippen LogP contribution in [0, 0.1) is 5.92 Å². The van der Waals surface area contributed by atoms with Gasteiger partial charge in [-0.05, 0) is 26.7 Å². The Bertz CT molecular complexity index is 606. The molecule has 144 valence electrons. The predicted molar refractivity (Wildman–Crippen MR) is 91.0 cm³/mol. The summed E-state index contributed by atoms with van der Waals surface area (Å²) in [5, 5.41) is 2.57. The molecule has 0 saturated carbocycles. The third kappa shape index (κ3) is 3.67. The second-order valence-electron chi connectivity index (χ2n) is 7.54. The van der Waals surface area contributed by atoms with Gasteiger partial charge in [0, 0.05) is 32.1 Å². The van der Waals surface area contributed by atoms with E-state index in [0.29, 0.717) is 52.2 Å². The number of piperidine rings is 1. The summed E-state index contributed by atoms with van der Waals surface area (Å²) in [5.41, 5.74) is -0.977. The third-order valence-electron chi connectivity index (χ3n) is 5.26. The molecule has 0 aromatic heterocycles. The van der Waals surface area contributed by atoms with Crippen molar-refractivity contribution in [3.8, 4) is 0 Å². The molecule has 5 amide bonds. The van der Waals surface area contributed by atoms with Gasteiger partial charge >= 0.3 is 6.03 Å². The van der Waals surface area contributed by atoms with Gasteiger partial charge < -0.3 is 19.9 Å². The minimum atomic E-state index is -0.977. The zero-order valence-corrected chi connectivity index (χ0v) is 15.3. The Kier molecular flexibility index (Phi) is 5.17. The summed E-state index contributed by atoms with van der Waals surface area (Å²) in [5.74, 6) is -0.597. The highest BCUT2D eigenvalue weighted by Crippen LogP contribution is 2.22. The normalized spacial score (nSPS) is 24.0. The van der Waals surface area contributed by atoms with Gasteiger partial charge in [0.15, 0.2) is 0 Å². The average molecular weight is 366 g/mol. The summed E-state index contributed by atoms with van der Waals surface area (Å²) in [6.07, 6.45) is 1.21. The van der Waals surface area contributed by atoms with E-state index in [9.17, 15) is 19.2 Å². The summed E-state index contributed by atoms with van der Waals surface area (Å²) in [6.45, 7) is 6.30. The predicted octanol–water partition coefficient (Wildman–Crippen LogP) is -0.586. The van der Waals surface area contributed by atoms with Crippen molar-refractivity contribution >= 4 is 23.8 Å². The van der Waals surface area contributed by atoms with Crippen molar-refractivity contribution in [2.24, 2.45) is 5.92 Å². The first-order valence-electron chi connectivity index (χ1n) is 9.08. The lowest BCUT2D eigenvalue weighted by molar-refractivity contribution is -0.144. The molecule has 9 heteroatoms. The van der Waals surface area contributed by atoms with Crippen LogP contribution >= 0.6 is 0 Å². The number of likely N-dealkylation sites (tertiary alicyclic amines) is 1. The van der Waals surface area contributed by atoms with E-state index >= 15 is 0 Å². The highest BCUT2D eigenvalue weighted by Gasteiger charge is 2.45. The van der Waals surface area contributed by atoms with E-state index in [-0.39, 0.29) is 24.3 Å². The molecular weight excluding hydrogens is 340 g/mol. The summed E-state index contributed by atoms with van der Waals surface area (Å²) in [6, 6.07) is -0.536. The van der Waals surface area contributed by atoms with Crippen molar-refractivity contribution in [1.29, 1.82) is 0 Å². The number of hydrogen-bond acceptors (Lipinski definition) is 5. The van der Waals surface area contributed by atoms with E-state index in [1.807, 2.05) is 4.90 Å². The minimum Gasteiger partial charge on any atom is -0.378 e. The van der Waals surface area contributed by atoms with Crippen LogP contribution in [0.25, 0.3) is 0 Å². The molecule has 9 nitrogen and oxygen atoms in total. The van der Waals surface area contributed by atoms with E-state index in [1.54, 1.807) is 18.7 Å². The van der Waals surface area contributed by atoms with Crippen LogP contribution in [-0.2, 0) is 19.1 Å². The zero-order valence-electron chi connectivity index (χ0n) is 15.3. The van der Waals surface area contributed by atoms with Crippen LogP contribution in [0.1, 0.15) is 26.7 Å². The number of hydrogen-bond donors (Lipinski definition) is 1. The highest BCUT2D eigenvalue weighted by atomic mass is 16.5. The van der Waals surface area contributed by atoms with Crippen LogP contribution in [-0.4, -0.2) is 89.9 Å². The van der Waals surface area contributed by atoms with Gasteiger partial charge in [-0.1, -0.05) is 0 Å². The Morgan fingerprint density at radius 1 is 1.08 bits per heavy atom. The monoisotopic (exact) mass is 366 g/mol. The van der Waals surface area contributed by atoms with Crippen LogP contribution in [0.2, 0.25) is 0 Å². The van der Waals surface area contributed by atoms with Gasteiger partial charge in [0.25, 0.3) is 5.91 Å². The van der Waals surface area contributed by atoms with E-state index in [0.717, 1.165) is 4.90 Å². The lowest BCUT2D eigenvalue weighted by atomic mass is 9.95. The molecule has 3 rings (SSSR count). The molecule has 3 aliphatic rings. The Labute approximate surface area is 152 Å². The van der Waals surface area contributed by atoms with Crippen LogP contribution in [0.5, 0.6) is 0 Å². The van der Waals surface area contributed by atoms with Gasteiger partial charge in [-0.25, -0.2) is 4.79 Å². The van der Waals surface area contributed by atoms with Crippen molar-refractivity contribution in [2.75, 3.05) is 45.9 Å². The van der Waals surface area contributed by atoms with Crippen LogP contribution in [0.15, 0.2) is 0 Å². The van der Waals surface area contributed by atoms with E-state index in [1.165, 1.54) is 0 Å². The topological polar surface area (TPSA) is 99.3 Å². The summed E-state index contributed by atoms with van der Waals surface area (Å²) in [7, 11) is 0. The van der Waals surface area contributed by atoms with Gasteiger partial charge in [0.1, 0.15) is 12.1 Å². The molecule has 26 heavy (non-hydrogen) atoms. The number of nitrogens with zero attached hydrogens (tertiary/aromatic N) is 3. The van der Waals surface area contributed by atoms with E-state index < -0.39 is 17.5 Å². The Morgan fingerprint density at radius 3 is 2.23 bits per heavy atom. The molecule has 0 aromatic carbocycles. The third-order valence-corrected chi connectivity index (χ3v) is 5.26. The van der Waals surface area contributed by atoms with Gasteiger partial charge in [0.2, 0.25) is 11.8 Å². The molecule has 3 saturated heterocycles. The number of morpholine rings is 1. The smallest absolute Gasteiger partial charge is 0.325 e. The number of carbonyl (C=O) groups excluding carboxylic acids is 4. The quantitative estimate of drug-likeness (QED) is 0.674. The molecule has 3 aliphatic heterocycles. The van der Waals surface area contributed by atoms with Gasteiger partial charge in [-0.3, -0.25) is 19.3 Å². The Morgan fingerprint density at radius 2 is 1.69 bits per heavy atom. The fraction of sp³-hybridized carbons (Fsp3) is 0.765. The molecule has 0 aromatic rings. The van der Waals surface area contributed by atoms with Crippen molar-refractivity contribution in [3.05, 3.63) is 0 Å². The summed E-state index contributed by atoms with van der Waals surface area (Å²) < 4.78 is 5.27. The van der Waals surface area contributed by atoms with Crippen LogP contribution in [0.4, 0.5) is 4.79 Å². The van der Waals surface area contributed by atoms with E-state index in [4.69, 9.17) is 4.74 Å². The summed E-state index contributed by atoms with van der Waals surface area (Å²) >= 11 is 0. The first-order chi connectivity index (χ1) is 12.3. The van der Waals surface area contributed by atoms with Gasteiger partial charge in [0.05, 0.1) is 13.2 Å². The second kappa shape index (κ2) is 7.22. The molecule has 3 heterocycles. The number of imide groups is 1. The van der Waals surface area contributed by atoms with Gasteiger partial charge in [-0.2, -0.15) is 0 Å². The van der Waals surface area contributed by atoms with Crippen molar-refractivity contribution in [2.45, 2.75) is 32.2 Å². The highest BCUT2D eigenvalue weighted by molar-refractivity contribution is 6.08. The first-order valence-corrected chi connectivity index (χ1v) is 9.08. The molecular formula is C17H26N4O5. The van der Waals surface area contributed by atoms with Crippen LogP contribution in [0.3, 0.4) is 0 Å². The Hall–Kier alpha value is -2.16. The molecule has 0 unspecified atom stereocenters. The largest absolute Gasteiger partial charge is 0.378 e. The number of nitrogens with one attached hydrogen (secondary N) is 1. The van der Waals surface area contributed by atoms with Gasteiger partial charge in [-0.15, -0.1) is 0 Å². The molecule has 0 bridgehead atoms. The van der Waals surface area contributed by atoms with Crippen molar-refractivity contribution in [3.63, 3.8) is 0 Å². The lowest BCUT2D eigenvalue weighted by Crippen LogP contribution is -2.50. The summed E-state index contributed by atoms with van der Waals surface area (Å²) in [4.78, 5) is 53.5. The maximum atomic E-state index is 12.5. The second-order valence-corrected chi connectivity index (χ2v) is 7.54. The Balaban J connectivity index is 1.50. The van der Waals surface area contributed by atoms with Crippen molar-refractivity contribution in [1.82, 2.24) is 20.0 Å². The fourth-order valence-electron chi connectivity index (χ4n) is 3.61. The lowest BCUT2D eigenvalue weighted by Gasteiger charge is -2.35. The van der Waals surface area contributed by atoms with E-state index in [2.05, 4.69) is 5.32 Å². The molecule has 3 fully saturated rings. The SMILES string of the molecule is CC1(C)NC(=O)N(CC(=O)N2CCC(C(=O)N3CCOCC3)CC2)C1=O.